The third-order valence-corrected chi connectivity index (χ3v) is 3.72. The van der Waals surface area contributed by atoms with Gasteiger partial charge in [0, 0.05) is 18.6 Å². The van der Waals surface area contributed by atoms with Gasteiger partial charge in [0.25, 0.3) is 5.91 Å². The maximum absolute atomic E-state index is 12.2. The summed E-state index contributed by atoms with van der Waals surface area (Å²) >= 11 is 0. The van der Waals surface area contributed by atoms with Crippen LogP contribution in [0.2, 0.25) is 0 Å². The zero-order valence-corrected chi connectivity index (χ0v) is 12.3. The van der Waals surface area contributed by atoms with Gasteiger partial charge in [-0.15, -0.1) is 5.10 Å². The van der Waals surface area contributed by atoms with Gasteiger partial charge in [0.15, 0.2) is 5.69 Å². The van der Waals surface area contributed by atoms with Crippen molar-refractivity contribution in [1.29, 1.82) is 0 Å². The summed E-state index contributed by atoms with van der Waals surface area (Å²) in [5.41, 5.74) is 2.26. The number of nitrogens with one attached hydrogen (secondary N) is 1. The van der Waals surface area contributed by atoms with Gasteiger partial charge in [-0.05, 0) is 31.0 Å². The van der Waals surface area contributed by atoms with Gasteiger partial charge in [0.2, 0.25) is 0 Å². The minimum atomic E-state index is -0.257. The second-order valence-electron chi connectivity index (χ2n) is 5.53. The number of benzene rings is 1. The summed E-state index contributed by atoms with van der Waals surface area (Å²) in [7, 11) is 0. The summed E-state index contributed by atoms with van der Waals surface area (Å²) in [6, 6.07) is 7.76. The predicted molar refractivity (Wildman–Crippen MR) is 81.7 cm³/mol. The van der Waals surface area contributed by atoms with Crippen LogP contribution in [0.15, 0.2) is 42.6 Å². The van der Waals surface area contributed by atoms with Crippen molar-refractivity contribution in [2.24, 2.45) is 5.92 Å². The van der Waals surface area contributed by atoms with E-state index in [4.69, 9.17) is 5.11 Å². The molecule has 2 aromatic rings. The van der Waals surface area contributed by atoms with Crippen molar-refractivity contribution in [2.45, 2.75) is 19.4 Å². The van der Waals surface area contributed by atoms with Gasteiger partial charge in [-0.3, -0.25) is 4.79 Å². The molecule has 2 atom stereocenters. The first-order valence-electron chi connectivity index (χ1n) is 7.25. The maximum Gasteiger partial charge on any atom is 0.273 e. The number of carbonyl (C=O) groups excluding carboxylic acids is 1. The van der Waals surface area contributed by atoms with E-state index in [1.165, 1.54) is 0 Å². The first-order valence-corrected chi connectivity index (χ1v) is 7.25. The van der Waals surface area contributed by atoms with E-state index in [2.05, 4.69) is 15.6 Å². The Morgan fingerprint density at radius 3 is 3.05 bits per heavy atom. The number of hydrogen-bond acceptors (Lipinski definition) is 4. The molecule has 1 aliphatic carbocycles. The molecule has 0 unspecified atom stereocenters. The van der Waals surface area contributed by atoms with E-state index in [0.717, 1.165) is 11.3 Å². The molecule has 1 aliphatic rings. The van der Waals surface area contributed by atoms with Crippen molar-refractivity contribution >= 4 is 5.91 Å². The highest BCUT2D eigenvalue weighted by Gasteiger charge is 2.21. The van der Waals surface area contributed by atoms with Crippen LogP contribution >= 0.6 is 0 Å². The van der Waals surface area contributed by atoms with Gasteiger partial charge in [-0.25, -0.2) is 4.68 Å². The van der Waals surface area contributed by atoms with Crippen LogP contribution in [-0.2, 0) is 0 Å². The molecule has 0 bridgehead atoms. The van der Waals surface area contributed by atoms with Crippen LogP contribution < -0.4 is 5.32 Å². The molecule has 1 aromatic carbocycles. The SMILES string of the molecule is Cc1cccc(-n2cc(C(=O)N[C@@H]3C=C[C@H](CO)C3)nn2)c1. The van der Waals surface area contributed by atoms with E-state index >= 15 is 0 Å². The molecule has 0 saturated carbocycles. The van der Waals surface area contributed by atoms with Crippen LogP contribution in [0.4, 0.5) is 0 Å². The molecule has 6 nitrogen and oxygen atoms in total. The van der Waals surface area contributed by atoms with Crippen LogP contribution in [0.25, 0.3) is 5.69 Å². The Balaban J connectivity index is 1.69. The standard InChI is InChI=1S/C16H18N4O2/c1-11-3-2-4-14(7-11)20-9-15(18-19-20)16(22)17-13-6-5-12(8-13)10-21/h2-7,9,12-13,21H,8,10H2,1H3,(H,17,22)/t12-,13+/m0/s1. The zero-order valence-electron chi connectivity index (χ0n) is 12.3. The van der Waals surface area contributed by atoms with E-state index in [1.807, 2.05) is 43.3 Å². The van der Waals surface area contributed by atoms with E-state index in [1.54, 1.807) is 10.9 Å². The van der Waals surface area contributed by atoms with Crippen molar-refractivity contribution in [3.63, 3.8) is 0 Å². The van der Waals surface area contributed by atoms with Gasteiger partial charge in [-0.2, -0.15) is 0 Å². The Kier molecular flexibility index (Phi) is 4.02. The normalized spacial score (nSPS) is 20.3. The van der Waals surface area contributed by atoms with Gasteiger partial charge in [0.1, 0.15) is 0 Å². The number of amides is 1. The van der Waals surface area contributed by atoms with Crippen molar-refractivity contribution < 1.29 is 9.90 Å². The van der Waals surface area contributed by atoms with Crippen LogP contribution in [0, 0.1) is 12.8 Å². The highest BCUT2D eigenvalue weighted by molar-refractivity contribution is 5.92. The fraction of sp³-hybridized carbons (Fsp3) is 0.312. The van der Waals surface area contributed by atoms with Gasteiger partial charge in [-0.1, -0.05) is 29.5 Å². The molecule has 3 rings (SSSR count). The summed E-state index contributed by atoms with van der Waals surface area (Å²) in [4.78, 5) is 12.2. The molecular weight excluding hydrogens is 280 g/mol. The lowest BCUT2D eigenvalue weighted by Gasteiger charge is -2.11. The summed E-state index contributed by atoms with van der Waals surface area (Å²) in [5, 5.41) is 19.9. The third kappa shape index (κ3) is 3.07. The topological polar surface area (TPSA) is 80.0 Å². The Morgan fingerprint density at radius 2 is 2.32 bits per heavy atom. The lowest BCUT2D eigenvalue weighted by molar-refractivity contribution is 0.0936. The average Bonchev–Trinajstić information content (AvgIpc) is 3.16. The number of carbonyl (C=O) groups is 1. The molecule has 0 aliphatic heterocycles. The third-order valence-electron chi connectivity index (χ3n) is 3.72. The van der Waals surface area contributed by atoms with Crippen LogP contribution in [0.3, 0.4) is 0 Å². The fourth-order valence-corrected chi connectivity index (χ4v) is 2.52. The highest BCUT2D eigenvalue weighted by Crippen LogP contribution is 2.17. The summed E-state index contributed by atoms with van der Waals surface area (Å²) in [6.07, 6.45) is 6.17. The minimum Gasteiger partial charge on any atom is -0.396 e. The number of aliphatic hydroxyl groups is 1. The van der Waals surface area contributed by atoms with Gasteiger partial charge < -0.3 is 10.4 Å². The lowest BCUT2D eigenvalue weighted by atomic mass is 10.1. The second-order valence-corrected chi connectivity index (χ2v) is 5.53. The summed E-state index contributed by atoms with van der Waals surface area (Å²) in [5.74, 6) is -0.139. The van der Waals surface area contributed by atoms with Crippen LogP contribution in [0.5, 0.6) is 0 Å². The molecule has 0 fully saturated rings. The molecular formula is C16H18N4O2. The molecule has 0 spiro atoms. The number of aliphatic hydroxyl groups excluding tert-OH is 1. The molecule has 114 valence electrons. The Bertz CT molecular complexity index is 708. The first-order chi connectivity index (χ1) is 10.7. The Morgan fingerprint density at radius 1 is 1.45 bits per heavy atom. The molecule has 0 saturated heterocycles. The lowest BCUT2D eigenvalue weighted by Crippen LogP contribution is -2.33. The molecule has 1 aromatic heterocycles. The largest absolute Gasteiger partial charge is 0.396 e. The van der Waals surface area contributed by atoms with E-state index in [0.29, 0.717) is 6.42 Å². The van der Waals surface area contributed by atoms with Crippen LogP contribution in [0.1, 0.15) is 22.5 Å². The molecule has 1 amide bonds. The molecule has 22 heavy (non-hydrogen) atoms. The first kappa shape index (κ1) is 14.5. The summed E-state index contributed by atoms with van der Waals surface area (Å²) < 4.78 is 1.59. The van der Waals surface area contributed by atoms with Crippen LogP contribution in [-0.4, -0.2) is 38.7 Å². The van der Waals surface area contributed by atoms with E-state index < -0.39 is 0 Å². The molecule has 6 heteroatoms. The van der Waals surface area contributed by atoms with Crippen molar-refractivity contribution in [3.8, 4) is 5.69 Å². The zero-order chi connectivity index (χ0) is 15.5. The van der Waals surface area contributed by atoms with E-state index in [9.17, 15) is 4.79 Å². The monoisotopic (exact) mass is 298 g/mol. The quantitative estimate of drug-likeness (QED) is 0.832. The number of rotatable bonds is 4. The Hall–Kier alpha value is -2.47. The number of nitrogens with zero attached hydrogens (tertiary/aromatic N) is 3. The van der Waals surface area contributed by atoms with Gasteiger partial charge >= 0.3 is 0 Å². The smallest absolute Gasteiger partial charge is 0.273 e. The number of aromatic nitrogens is 3. The minimum absolute atomic E-state index is 0.0613. The average molecular weight is 298 g/mol. The van der Waals surface area contributed by atoms with Gasteiger partial charge in [0.05, 0.1) is 11.9 Å². The number of hydrogen-bond donors (Lipinski definition) is 2. The summed E-state index contributed by atoms with van der Waals surface area (Å²) in [6.45, 7) is 2.10. The maximum atomic E-state index is 12.2. The van der Waals surface area contributed by atoms with Crippen molar-refractivity contribution in [1.82, 2.24) is 20.3 Å². The Labute approximate surface area is 128 Å². The highest BCUT2D eigenvalue weighted by atomic mass is 16.3. The number of aryl methyl sites for hydroxylation is 1. The molecule has 0 radical (unpaired) electrons. The van der Waals surface area contributed by atoms with Crippen molar-refractivity contribution in [3.05, 3.63) is 53.9 Å². The van der Waals surface area contributed by atoms with Crippen molar-refractivity contribution in [2.75, 3.05) is 6.61 Å². The van der Waals surface area contributed by atoms with E-state index in [-0.39, 0.29) is 30.2 Å². The second kappa shape index (κ2) is 6.11. The fourth-order valence-electron chi connectivity index (χ4n) is 2.52. The predicted octanol–water partition coefficient (Wildman–Crippen LogP) is 1.24. The molecule has 2 N–H and O–H groups in total. The molecule has 1 heterocycles.